The molecule has 0 unspecified atom stereocenters. The predicted octanol–water partition coefficient (Wildman–Crippen LogP) is 3.61. The van der Waals surface area contributed by atoms with E-state index >= 15 is 0 Å². The van der Waals surface area contributed by atoms with Gasteiger partial charge in [0.25, 0.3) is 11.8 Å². The number of piperidine rings is 1. The van der Waals surface area contributed by atoms with Crippen molar-refractivity contribution in [3.05, 3.63) is 24.3 Å². The lowest BCUT2D eigenvalue weighted by atomic mass is 9.99. The zero-order chi connectivity index (χ0) is 19.7. The maximum absolute atomic E-state index is 12.6. The summed E-state index contributed by atoms with van der Waals surface area (Å²) >= 11 is 0. The van der Waals surface area contributed by atoms with Crippen LogP contribution in [0.1, 0.15) is 52.9 Å². The van der Waals surface area contributed by atoms with E-state index in [0.29, 0.717) is 24.5 Å². The molecule has 0 bridgehead atoms. The number of likely N-dealkylation sites (tertiary alicyclic amines) is 1. The van der Waals surface area contributed by atoms with Crippen molar-refractivity contribution in [1.29, 1.82) is 0 Å². The third-order valence-electron chi connectivity index (χ3n) is 4.85. The molecule has 0 spiro atoms. The summed E-state index contributed by atoms with van der Waals surface area (Å²) in [5, 5.41) is 2.90. The highest BCUT2D eigenvalue weighted by Gasteiger charge is 2.32. The van der Waals surface area contributed by atoms with E-state index in [9.17, 15) is 9.59 Å². The Morgan fingerprint density at radius 2 is 1.78 bits per heavy atom. The van der Waals surface area contributed by atoms with E-state index in [4.69, 9.17) is 9.47 Å². The van der Waals surface area contributed by atoms with Gasteiger partial charge in [-0.1, -0.05) is 13.3 Å². The van der Waals surface area contributed by atoms with Gasteiger partial charge in [-0.15, -0.1) is 0 Å². The maximum atomic E-state index is 12.6. The van der Waals surface area contributed by atoms with Gasteiger partial charge in [0.2, 0.25) is 0 Å². The first-order valence-corrected chi connectivity index (χ1v) is 9.94. The van der Waals surface area contributed by atoms with Crippen molar-refractivity contribution in [1.82, 2.24) is 4.90 Å². The molecule has 1 aromatic rings. The quantitative estimate of drug-likeness (QED) is 0.715. The van der Waals surface area contributed by atoms with E-state index in [1.165, 1.54) is 6.42 Å². The standard InChI is InChI=1S/C21H32N2O4/c1-4-13-21(3,27-5-2)20(25)22-17-9-11-18(12-10-17)26-16-19(24)23-14-7-6-8-15-23/h9-12H,4-8,13-16H2,1-3H3,(H,22,25)/t21-/m1/s1. The number of hydrogen-bond donors (Lipinski definition) is 1. The summed E-state index contributed by atoms with van der Waals surface area (Å²) in [6.07, 6.45) is 4.85. The van der Waals surface area contributed by atoms with Gasteiger partial charge < -0.3 is 19.7 Å². The zero-order valence-corrected chi connectivity index (χ0v) is 16.8. The molecule has 1 aliphatic heterocycles. The molecule has 0 radical (unpaired) electrons. The SMILES string of the molecule is CCC[C@@](C)(OCC)C(=O)Nc1ccc(OCC(=O)N2CCCCC2)cc1. The highest BCUT2D eigenvalue weighted by atomic mass is 16.5. The number of carbonyl (C=O) groups excluding carboxylic acids is 2. The second-order valence-corrected chi connectivity index (χ2v) is 7.12. The van der Waals surface area contributed by atoms with E-state index in [0.717, 1.165) is 32.4 Å². The molecule has 1 atom stereocenters. The Hall–Kier alpha value is -2.08. The molecular formula is C21H32N2O4. The van der Waals surface area contributed by atoms with Crippen molar-refractivity contribution >= 4 is 17.5 Å². The summed E-state index contributed by atoms with van der Waals surface area (Å²) in [5.74, 6) is 0.485. The molecule has 2 rings (SSSR count). The average molecular weight is 376 g/mol. The number of benzene rings is 1. The second-order valence-electron chi connectivity index (χ2n) is 7.12. The number of carbonyl (C=O) groups is 2. The van der Waals surface area contributed by atoms with Gasteiger partial charge in [-0.25, -0.2) is 0 Å². The van der Waals surface area contributed by atoms with Gasteiger partial charge in [-0.05, 0) is 63.8 Å². The number of nitrogens with one attached hydrogen (secondary N) is 1. The lowest BCUT2D eigenvalue weighted by Gasteiger charge is -2.28. The number of hydrogen-bond acceptors (Lipinski definition) is 4. The van der Waals surface area contributed by atoms with Crippen LogP contribution in [-0.4, -0.2) is 48.6 Å². The maximum Gasteiger partial charge on any atom is 0.260 e. The summed E-state index contributed by atoms with van der Waals surface area (Å²) in [5.41, 5.74) is -0.156. The Morgan fingerprint density at radius 1 is 1.11 bits per heavy atom. The van der Waals surface area contributed by atoms with Crippen LogP contribution in [0.15, 0.2) is 24.3 Å². The number of anilines is 1. The van der Waals surface area contributed by atoms with Gasteiger partial charge in [0.05, 0.1) is 0 Å². The van der Waals surface area contributed by atoms with Gasteiger partial charge in [0, 0.05) is 25.4 Å². The van der Waals surface area contributed by atoms with Crippen molar-refractivity contribution < 1.29 is 19.1 Å². The largest absolute Gasteiger partial charge is 0.484 e. The fourth-order valence-electron chi connectivity index (χ4n) is 3.32. The molecule has 6 nitrogen and oxygen atoms in total. The van der Waals surface area contributed by atoms with Crippen LogP contribution in [0.3, 0.4) is 0 Å². The third-order valence-corrected chi connectivity index (χ3v) is 4.85. The number of nitrogens with zero attached hydrogens (tertiary/aromatic N) is 1. The Kier molecular flexibility index (Phi) is 8.10. The Bertz CT molecular complexity index is 603. The van der Waals surface area contributed by atoms with Crippen molar-refractivity contribution in [3.63, 3.8) is 0 Å². The molecule has 2 amide bonds. The van der Waals surface area contributed by atoms with Crippen LogP contribution in [0.4, 0.5) is 5.69 Å². The summed E-state index contributed by atoms with van der Waals surface area (Å²) in [7, 11) is 0. The smallest absolute Gasteiger partial charge is 0.260 e. The van der Waals surface area contributed by atoms with Crippen LogP contribution < -0.4 is 10.1 Å². The van der Waals surface area contributed by atoms with Crippen LogP contribution in [0.5, 0.6) is 5.75 Å². The summed E-state index contributed by atoms with van der Waals surface area (Å²) in [6.45, 7) is 7.92. The highest BCUT2D eigenvalue weighted by molar-refractivity contribution is 5.97. The number of amides is 2. The van der Waals surface area contributed by atoms with Crippen LogP contribution in [0.2, 0.25) is 0 Å². The van der Waals surface area contributed by atoms with Gasteiger partial charge in [0.15, 0.2) is 6.61 Å². The monoisotopic (exact) mass is 376 g/mol. The molecule has 1 aliphatic rings. The van der Waals surface area contributed by atoms with Crippen molar-refractivity contribution in [2.24, 2.45) is 0 Å². The van der Waals surface area contributed by atoms with Gasteiger partial charge >= 0.3 is 0 Å². The van der Waals surface area contributed by atoms with E-state index in [1.807, 2.05) is 25.7 Å². The van der Waals surface area contributed by atoms with Crippen LogP contribution >= 0.6 is 0 Å². The van der Waals surface area contributed by atoms with Crippen LogP contribution in [-0.2, 0) is 14.3 Å². The minimum absolute atomic E-state index is 0.0270. The van der Waals surface area contributed by atoms with Gasteiger partial charge in [-0.2, -0.15) is 0 Å². The van der Waals surface area contributed by atoms with E-state index in [2.05, 4.69) is 5.32 Å². The van der Waals surface area contributed by atoms with Gasteiger partial charge in [0.1, 0.15) is 11.4 Å². The first-order valence-electron chi connectivity index (χ1n) is 9.94. The first kappa shape index (κ1) is 21.2. The summed E-state index contributed by atoms with van der Waals surface area (Å²) < 4.78 is 11.3. The molecule has 0 aliphatic carbocycles. The molecule has 1 saturated heterocycles. The number of ether oxygens (including phenoxy) is 2. The molecule has 1 N–H and O–H groups in total. The lowest BCUT2D eigenvalue weighted by Crippen LogP contribution is -2.42. The molecule has 1 fully saturated rings. The molecule has 150 valence electrons. The minimum atomic E-state index is -0.834. The molecule has 1 heterocycles. The van der Waals surface area contributed by atoms with E-state index < -0.39 is 5.60 Å². The van der Waals surface area contributed by atoms with E-state index in [1.54, 1.807) is 24.3 Å². The third kappa shape index (κ3) is 6.24. The topological polar surface area (TPSA) is 67.9 Å². The van der Waals surface area contributed by atoms with Gasteiger partial charge in [-0.3, -0.25) is 9.59 Å². The number of rotatable bonds is 9. The van der Waals surface area contributed by atoms with Crippen molar-refractivity contribution in [3.8, 4) is 5.75 Å². The zero-order valence-electron chi connectivity index (χ0n) is 16.8. The minimum Gasteiger partial charge on any atom is -0.484 e. The van der Waals surface area contributed by atoms with Crippen molar-refractivity contribution in [2.75, 3.05) is 31.6 Å². The van der Waals surface area contributed by atoms with Crippen LogP contribution in [0, 0.1) is 0 Å². The Balaban J connectivity index is 1.86. The molecule has 1 aromatic carbocycles. The predicted molar refractivity (Wildman–Crippen MR) is 106 cm³/mol. The highest BCUT2D eigenvalue weighted by Crippen LogP contribution is 2.22. The lowest BCUT2D eigenvalue weighted by molar-refractivity contribution is -0.139. The fraction of sp³-hybridized carbons (Fsp3) is 0.619. The van der Waals surface area contributed by atoms with Crippen molar-refractivity contribution in [2.45, 2.75) is 58.5 Å². The second kappa shape index (κ2) is 10.3. The van der Waals surface area contributed by atoms with Crippen LogP contribution in [0.25, 0.3) is 0 Å². The average Bonchev–Trinajstić information content (AvgIpc) is 2.68. The summed E-state index contributed by atoms with van der Waals surface area (Å²) in [6, 6.07) is 7.07. The molecule has 0 saturated carbocycles. The fourth-order valence-corrected chi connectivity index (χ4v) is 3.32. The first-order chi connectivity index (χ1) is 13.0. The Labute approximate surface area is 162 Å². The molecule has 6 heteroatoms. The van der Waals surface area contributed by atoms with E-state index in [-0.39, 0.29) is 18.4 Å². The normalized spacial score (nSPS) is 16.5. The molecular weight excluding hydrogens is 344 g/mol. The molecule has 0 aromatic heterocycles. The Morgan fingerprint density at radius 3 is 2.37 bits per heavy atom. The molecule has 27 heavy (non-hydrogen) atoms. The summed E-state index contributed by atoms with van der Waals surface area (Å²) in [4.78, 5) is 26.6.